The molecule has 0 bridgehead atoms. The van der Waals surface area contributed by atoms with Gasteiger partial charge in [0.25, 0.3) is 5.56 Å². The van der Waals surface area contributed by atoms with Crippen LogP contribution in [0.3, 0.4) is 0 Å². The predicted octanol–water partition coefficient (Wildman–Crippen LogP) is 2.97. The fourth-order valence-electron chi connectivity index (χ4n) is 3.34. The monoisotopic (exact) mass is 436 g/mol. The third-order valence-corrected chi connectivity index (χ3v) is 5.37. The summed E-state index contributed by atoms with van der Waals surface area (Å²) in [6, 6.07) is 17.0. The number of hydrogen-bond donors (Lipinski definition) is 1. The lowest BCUT2D eigenvalue weighted by atomic mass is 10.1. The number of benzene rings is 2. The molecule has 158 valence electrons. The zero-order valence-corrected chi connectivity index (χ0v) is 18.1. The highest BCUT2D eigenvalue weighted by Gasteiger charge is 2.19. The van der Waals surface area contributed by atoms with E-state index in [9.17, 15) is 9.59 Å². The van der Waals surface area contributed by atoms with Crippen molar-refractivity contribution >= 4 is 34.4 Å². The molecular formula is C22H21ClN6O2. The number of nitrogens with zero attached hydrogens (tertiary/aromatic N) is 5. The van der Waals surface area contributed by atoms with Crippen LogP contribution < -0.4 is 16.7 Å². The number of aryl methyl sites for hydroxylation is 1. The van der Waals surface area contributed by atoms with Crippen molar-refractivity contribution < 1.29 is 0 Å². The van der Waals surface area contributed by atoms with Gasteiger partial charge in [0.15, 0.2) is 11.2 Å². The van der Waals surface area contributed by atoms with Crippen LogP contribution in [0.15, 0.2) is 69.3 Å². The minimum absolute atomic E-state index is 0.297. The third-order valence-electron chi connectivity index (χ3n) is 5.12. The fraction of sp³-hybridized carbons (Fsp3) is 0.182. The van der Waals surface area contributed by atoms with Gasteiger partial charge in [0.2, 0.25) is 5.95 Å². The molecule has 9 heteroatoms. The van der Waals surface area contributed by atoms with Crippen molar-refractivity contribution in [2.24, 2.45) is 19.2 Å². The first-order valence-corrected chi connectivity index (χ1v) is 10.0. The largest absolute Gasteiger partial charge is 0.332 e. The zero-order chi connectivity index (χ0) is 22.1. The topological polar surface area (TPSA) is 86.2 Å². The van der Waals surface area contributed by atoms with E-state index in [1.165, 1.54) is 11.6 Å². The number of rotatable bonds is 5. The number of halogens is 1. The van der Waals surface area contributed by atoms with Gasteiger partial charge in [0.05, 0.1) is 12.3 Å². The number of nitrogens with one attached hydrogen (secondary N) is 1. The number of fused-ring (bicyclic) bond motifs is 1. The maximum absolute atomic E-state index is 12.9. The summed E-state index contributed by atoms with van der Waals surface area (Å²) >= 11 is 5.96. The maximum Gasteiger partial charge on any atom is 0.332 e. The lowest BCUT2D eigenvalue weighted by molar-refractivity contribution is 0.702. The molecule has 4 aromatic rings. The normalized spacial score (nSPS) is 11.8. The first-order valence-electron chi connectivity index (χ1n) is 9.63. The Balaban J connectivity index is 1.84. The minimum Gasteiger partial charge on any atom is -0.298 e. The van der Waals surface area contributed by atoms with E-state index in [2.05, 4.69) is 15.5 Å². The van der Waals surface area contributed by atoms with Gasteiger partial charge in [-0.2, -0.15) is 10.1 Å². The summed E-state index contributed by atoms with van der Waals surface area (Å²) in [6.07, 6.45) is 0. The van der Waals surface area contributed by atoms with Gasteiger partial charge < -0.3 is 0 Å². The van der Waals surface area contributed by atoms with Gasteiger partial charge in [-0.1, -0.05) is 54.1 Å². The Kier molecular flexibility index (Phi) is 5.48. The summed E-state index contributed by atoms with van der Waals surface area (Å²) < 4.78 is 4.18. The highest BCUT2D eigenvalue weighted by Crippen LogP contribution is 2.18. The molecule has 2 heterocycles. The van der Waals surface area contributed by atoms with Crippen LogP contribution >= 0.6 is 11.6 Å². The van der Waals surface area contributed by atoms with Gasteiger partial charge in [-0.3, -0.25) is 18.5 Å². The highest BCUT2D eigenvalue weighted by molar-refractivity contribution is 6.30. The van der Waals surface area contributed by atoms with Crippen molar-refractivity contribution in [2.45, 2.75) is 13.5 Å². The van der Waals surface area contributed by atoms with Crippen LogP contribution in [0.25, 0.3) is 11.2 Å². The first-order chi connectivity index (χ1) is 14.9. The minimum atomic E-state index is -0.436. The van der Waals surface area contributed by atoms with Crippen LogP contribution in [0.5, 0.6) is 0 Å². The van der Waals surface area contributed by atoms with Crippen molar-refractivity contribution in [1.82, 2.24) is 18.7 Å². The summed E-state index contributed by atoms with van der Waals surface area (Å²) in [5.41, 5.74) is 5.35. The van der Waals surface area contributed by atoms with Gasteiger partial charge >= 0.3 is 5.69 Å². The van der Waals surface area contributed by atoms with E-state index in [0.29, 0.717) is 28.7 Å². The average Bonchev–Trinajstić information content (AvgIpc) is 3.14. The third kappa shape index (κ3) is 3.89. The molecular weight excluding hydrogens is 416 g/mol. The summed E-state index contributed by atoms with van der Waals surface area (Å²) in [7, 11) is 3.05. The second kappa shape index (κ2) is 8.23. The van der Waals surface area contributed by atoms with E-state index in [-0.39, 0.29) is 0 Å². The molecule has 0 saturated carbocycles. The molecule has 2 aromatic heterocycles. The molecule has 0 aliphatic rings. The van der Waals surface area contributed by atoms with Crippen molar-refractivity contribution in [3.05, 3.63) is 91.6 Å². The molecule has 4 rings (SSSR count). The Bertz CT molecular complexity index is 1400. The second-order valence-electron chi connectivity index (χ2n) is 7.20. The number of imidazole rings is 1. The molecule has 1 N–H and O–H groups in total. The van der Waals surface area contributed by atoms with Gasteiger partial charge in [0, 0.05) is 19.1 Å². The molecule has 8 nitrogen and oxygen atoms in total. The molecule has 0 fully saturated rings. The van der Waals surface area contributed by atoms with E-state index in [1.807, 2.05) is 49.4 Å². The number of hydrazone groups is 1. The first kappa shape index (κ1) is 20.6. The number of anilines is 1. The SMILES string of the molecule is CC(=NNc1nc2c(c(=O)n(C)c(=O)n2C)n1Cc1ccccc1)c1ccc(Cl)cc1. The van der Waals surface area contributed by atoms with E-state index in [1.54, 1.807) is 23.7 Å². The van der Waals surface area contributed by atoms with Gasteiger partial charge in [-0.15, -0.1) is 0 Å². The van der Waals surface area contributed by atoms with E-state index >= 15 is 0 Å². The summed E-state index contributed by atoms with van der Waals surface area (Å²) in [5.74, 6) is 0.366. The Morgan fingerprint density at radius 1 is 1.03 bits per heavy atom. The Morgan fingerprint density at radius 2 is 1.71 bits per heavy atom. The van der Waals surface area contributed by atoms with Crippen LogP contribution in [-0.2, 0) is 20.6 Å². The lowest BCUT2D eigenvalue weighted by Crippen LogP contribution is -2.37. The molecule has 2 aromatic carbocycles. The van der Waals surface area contributed by atoms with Crippen LogP contribution in [0.1, 0.15) is 18.1 Å². The molecule has 0 aliphatic carbocycles. The van der Waals surface area contributed by atoms with Crippen molar-refractivity contribution in [3.63, 3.8) is 0 Å². The van der Waals surface area contributed by atoms with Crippen molar-refractivity contribution in [2.75, 3.05) is 5.43 Å². The Morgan fingerprint density at radius 3 is 2.39 bits per heavy atom. The number of hydrogen-bond acceptors (Lipinski definition) is 5. The second-order valence-corrected chi connectivity index (χ2v) is 7.64. The standard InChI is InChI=1S/C22H21ClN6O2/c1-14(16-9-11-17(23)12-10-16)25-26-21-24-19-18(20(30)28(3)22(31)27(19)2)29(21)13-15-7-5-4-6-8-15/h4-12H,13H2,1-3H3,(H,24,26). The molecule has 0 unspecified atom stereocenters. The van der Waals surface area contributed by atoms with Gasteiger partial charge in [-0.25, -0.2) is 10.2 Å². The quantitative estimate of drug-likeness (QED) is 0.385. The molecule has 31 heavy (non-hydrogen) atoms. The van der Waals surface area contributed by atoms with Crippen LogP contribution in [0.4, 0.5) is 5.95 Å². The molecule has 0 spiro atoms. The van der Waals surface area contributed by atoms with Crippen LogP contribution in [0.2, 0.25) is 5.02 Å². The fourth-order valence-corrected chi connectivity index (χ4v) is 3.47. The number of aromatic nitrogens is 4. The van der Waals surface area contributed by atoms with Crippen molar-refractivity contribution in [1.29, 1.82) is 0 Å². The summed E-state index contributed by atoms with van der Waals surface area (Å²) in [5, 5.41) is 5.08. The highest BCUT2D eigenvalue weighted by atomic mass is 35.5. The maximum atomic E-state index is 12.9. The van der Waals surface area contributed by atoms with Crippen LogP contribution in [0, 0.1) is 0 Å². The molecule has 0 saturated heterocycles. The van der Waals surface area contributed by atoms with E-state index in [4.69, 9.17) is 11.6 Å². The van der Waals surface area contributed by atoms with Gasteiger partial charge in [-0.05, 0) is 30.2 Å². The Labute approximate surface area is 183 Å². The summed E-state index contributed by atoms with van der Waals surface area (Å²) in [6.45, 7) is 2.25. The Hall–Kier alpha value is -3.65. The van der Waals surface area contributed by atoms with E-state index < -0.39 is 11.2 Å². The zero-order valence-electron chi connectivity index (χ0n) is 17.3. The summed E-state index contributed by atoms with van der Waals surface area (Å²) in [4.78, 5) is 29.8. The van der Waals surface area contributed by atoms with Crippen LogP contribution in [-0.4, -0.2) is 24.4 Å². The predicted molar refractivity (Wildman–Crippen MR) is 123 cm³/mol. The van der Waals surface area contributed by atoms with Gasteiger partial charge in [0.1, 0.15) is 0 Å². The lowest BCUT2D eigenvalue weighted by Gasteiger charge is -2.10. The average molecular weight is 437 g/mol. The molecule has 0 aliphatic heterocycles. The smallest absolute Gasteiger partial charge is 0.298 e. The van der Waals surface area contributed by atoms with E-state index in [0.717, 1.165) is 21.4 Å². The molecule has 0 amide bonds. The molecule has 0 atom stereocenters. The van der Waals surface area contributed by atoms with Crippen molar-refractivity contribution in [3.8, 4) is 0 Å². The molecule has 0 radical (unpaired) electrons.